The summed E-state index contributed by atoms with van der Waals surface area (Å²) < 4.78 is 53.5. The summed E-state index contributed by atoms with van der Waals surface area (Å²) in [6, 6.07) is 17.9. The van der Waals surface area contributed by atoms with E-state index in [1.807, 2.05) is 0 Å². The Morgan fingerprint density at radius 2 is 1.76 bits per heavy atom. The third-order valence-electron chi connectivity index (χ3n) is 4.86. The molecule has 0 aliphatic rings. The van der Waals surface area contributed by atoms with Crippen LogP contribution in [0.25, 0.3) is 16.6 Å². The smallest absolute Gasteiger partial charge is 0.265 e. The van der Waals surface area contributed by atoms with Gasteiger partial charge in [-0.1, -0.05) is 18.2 Å². The molecule has 4 aromatic rings. The molecule has 34 heavy (non-hydrogen) atoms. The highest BCUT2D eigenvalue weighted by atomic mass is 32.2. The number of benzene rings is 2. The van der Waals surface area contributed by atoms with Crippen molar-refractivity contribution in [2.45, 2.75) is 9.92 Å². The number of sulfone groups is 1. The van der Waals surface area contributed by atoms with Crippen LogP contribution in [0.15, 0.2) is 76.7 Å². The van der Waals surface area contributed by atoms with Crippen LogP contribution in [-0.4, -0.2) is 38.5 Å². The number of sulfonamides is 1. The fourth-order valence-corrected chi connectivity index (χ4v) is 5.28. The van der Waals surface area contributed by atoms with Crippen LogP contribution in [0.3, 0.4) is 0 Å². The molecule has 2 heterocycles. The molecular weight excluding hydrogens is 478 g/mol. The average molecular weight is 496 g/mol. The molecule has 0 aliphatic heterocycles. The molecule has 0 saturated heterocycles. The van der Waals surface area contributed by atoms with Crippen LogP contribution in [0, 0.1) is 11.3 Å². The minimum atomic E-state index is -4.09. The molecule has 0 saturated carbocycles. The average Bonchev–Trinajstić information content (AvgIpc) is 3.17. The second kappa shape index (κ2) is 8.29. The molecule has 0 bridgehead atoms. The molecule has 2 aromatic heterocycles. The van der Waals surface area contributed by atoms with Gasteiger partial charge in [-0.3, -0.25) is 9.52 Å². The summed E-state index contributed by atoms with van der Waals surface area (Å²) in [5.74, 6) is -0.759. The highest BCUT2D eigenvalue weighted by Gasteiger charge is 2.22. The van der Waals surface area contributed by atoms with Crippen molar-refractivity contribution < 1.29 is 21.6 Å². The van der Waals surface area contributed by atoms with E-state index in [9.17, 15) is 21.6 Å². The van der Waals surface area contributed by atoms with Crippen LogP contribution in [-0.2, 0) is 19.9 Å². The maximum absolute atomic E-state index is 13.2. The number of aromatic nitrogens is 2. The van der Waals surface area contributed by atoms with Crippen molar-refractivity contribution in [3.8, 4) is 11.8 Å². The molecule has 0 unspecified atom stereocenters. The van der Waals surface area contributed by atoms with Crippen molar-refractivity contribution in [3.63, 3.8) is 0 Å². The van der Waals surface area contributed by atoms with Crippen LogP contribution >= 0.6 is 0 Å². The lowest BCUT2D eigenvalue weighted by atomic mass is 10.2. The maximum atomic E-state index is 13.2. The van der Waals surface area contributed by atoms with Crippen molar-refractivity contribution in [2.24, 2.45) is 5.73 Å². The van der Waals surface area contributed by atoms with Crippen LogP contribution in [0.2, 0.25) is 0 Å². The van der Waals surface area contributed by atoms with Crippen molar-refractivity contribution in [3.05, 3.63) is 78.1 Å². The zero-order chi connectivity index (χ0) is 24.7. The number of primary amides is 1. The van der Waals surface area contributed by atoms with E-state index < -0.39 is 25.8 Å². The lowest BCUT2D eigenvalue weighted by Gasteiger charge is -2.12. The Hall–Kier alpha value is -4.21. The summed E-state index contributed by atoms with van der Waals surface area (Å²) in [5, 5.41) is 9.34. The monoisotopic (exact) mass is 495 g/mol. The Labute approximate surface area is 195 Å². The van der Waals surface area contributed by atoms with Crippen molar-refractivity contribution >= 4 is 42.4 Å². The molecule has 1 amide bonds. The van der Waals surface area contributed by atoms with Gasteiger partial charge in [-0.05, 0) is 48.5 Å². The van der Waals surface area contributed by atoms with E-state index in [4.69, 9.17) is 11.0 Å². The van der Waals surface area contributed by atoms with E-state index in [0.29, 0.717) is 16.6 Å². The number of carbonyl (C=O) groups is 1. The fourth-order valence-electron chi connectivity index (χ4n) is 3.48. The van der Waals surface area contributed by atoms with E-state index >= 15 is 0 Å². The van der Waals surface area contributed by atoms with Gasteiger partial charge in [-0.15, -0.1) is 0 Å². The molecule has 3 N–H and O–H groups in total. The van der Waals surface area contributed by atoms with Gasteiger partial charge < -0.3 is 10.3 Å². The molecule has 12 heteroatoms. The molecule has 0 atom stereocenters. The van der Waals surface area contributed by atoms with E-state index in [-0.39, 0.29) is 27.0 Å². The zero-order valence-corrected chi connectivity index (χ0v) is 19.3. The number of fused-ring (bicyclic) bond motifs is 1. The molecule has 10 nitrogen and oxygen atoms in total. The first-order chi connectivity index (χ1) is 16.0. The summed E-state index contributed by atoms with van der Waals surface area (Å²) in [4.78, 5) is 15.9. The Bertz CT molecular complexity index is 1720. The molecule has 2 aromatic carbocycles. The first kappa shape index (κ1) is 23.0. The molecule has 0 aliphatic carbocycles. The van der Waals surface area contributed by atoms with Crippen LogP contribution in [0.1, 0.15) is 16.2 Å². The fraction of sp³-hybridized carbons (Fsp3) is 0.0455. The minimum absolute atomic E-state index is 0.0458. The first-order valence-corrected chi connectivity index (χ1v) is 13.0. The number of amides is 1. The summed E-state index contributed by atoms with van der Waals surface area (Å²) in [6.45, 7) is 0. The summed E-state index contributed by atoms with van der Waals surface area (Å²) in [5.41, 5.74) is 6.59. The lowest BCUT2D eigenvalue weighted by molar-refractivity contribution is 0.0994. The number of nitrogens with zero attached hydrogens (tertiary/aromatic N) is 3. The van der Waals surface area contributed by atoms with E-state index in [1.54, 1.807) is 18.2 Å². The number of hydrogen-bond donors (Lipinski definition) is 2. The van der Waals surface area contributed by atoms with Crippen LogP contribution in [0.5, 0.6) is 0 Å². The number of nitriles is 1. The number of anilines is 1. The third kappa shape index (κ3) is 4.34. The quantitative estimate of drug-likeness (QED) is 0.414. The van der Waals surface area contributed by atoms with E-state index in [2.05, 4.69) is 9.71 Å². The molecular formula is C22H17N5O5S2. The van der Waals surface area contributed by atoms with Gasteiger partial charge in [0, 0.05) is 11.1 Å². The van der Waals surface area contributed by atoms with Gasteiger partial charge in [0.05, 0.1) is 22.4 Å². The highest BCUT2D eigenvalue weighted by molar-refractivity contribution is 7.92. The van der Waals surface area contributed by atoms with Crippen LogP contribution in [0.4, 0.5) is 5.69 Å². The van der Waals surface area contributed by atoms with Gasteiger partial charge in [0.2, 0.25) is 19.9 Å². The normalized spacial score (nSPS) is 11.8. The number of hydrogen-bond acceptors (Lipinski definition) is 7. The molecule has 4 rings (SSSR count). The number of nitrogens with one attached hydrogen (secondary N) is 1. The molecule has 172 valence electrons. The number of nitrogens with two attached hydrogens (primary N) is 1. The van der Waals surface area contributed by atoms with E-state index in [0.717, 1.165) is 6.26 Å². The lowest BCUT2D eigenvalue weighted by Crippen LogP contribution is -2.16. The van der Waals surface area contributed by atoms with Crippen molar-refractivity contribution in [1.29, 1.82) is 5.26 Å². The topological polar surface area (TPSA) is 165 Å². The number of rotatable bonds is 6. The Morgan fingerprint density at radius 1 is 1.03 bits per heavy atom. The standard InChI is InChI=1S/C22H17N5O5S2/c1-33(29,30)26-15-9-8-14-10-20(22(24)28)27(19(14)11-15)17-5-3-6-18(12-17)34(31,32)21-7-2-4-16(13-23)25-21/h2-12,26H,1H3,(H2,24,28). The maximum Gasteiger partial charge on any atom is 0.265 e. The Morgan fingerprint density at radius 3 is 2.44 bits per heavy atom. The van der Waals surface area contributed by atoms with Gasteiger partial charge in [0.15, 0.2) is 5.03 Å². The van der Waals surface area contributed by atoms with Gasteiger partial charge in [-0.2, -0.15) is 5.26 Å². The first-order valence-electron chi connectivity index (χ1n) is 9.65. The molecule has 0 radical (unpaired) electrons. The molecule has 0 fully saturated rings. The number of carbonyl (C=O) groups excluding carboxylic acids is 1. The van der Waals surface area contributed by atoms with Crippen LogP contribution < -0.4 is 10.5 Å². The largest absolute Gasteiger partial charge is 0.364 e. The third-order valence-corrected chi connectivity index (χ3v) is 7.12. The van der Waals surface area contributed by atoms with Gasteiger partial charge in [-0.25, -0.2) is 21.8 Å². The summed E-state index contributed by atoms with van der Waals surface area (Å²) >= 11 is 0. The van der Waals surface area contributed by atoms with Gasteiger partial charge in [0.1, 0.15) is 17.5 Å². The highest BCUT2D eigenvalue weighted by Crippen LogP contribution is 2.29. The molecule has 0 spiro atoms. The summed E-state index contributed by atoms with van der Waals surface area (Å²) in [7, 11) is -7.64. The van der Waals surface area contributed by atoms with Crippen molar-refractivity contribution in [2.75, 3.05) is 11.0 Å². The Balaban J connectivity index is 1.92. The second-order valence-corrected chi connectivity index (χ2v) is 11.0. The van der Waals surface area contributed by atoms with E-state index in [1.165, 1.54) is 59.2 Å². The minimum Gasteiger partial charge on any atom is -0.364 e. The Kier molecular flexibility index (Phi) is 5.60. The zero-order valence-electron chi connectivity index (χ0n) is 17.6. The van der Waals surface area contributed by atoms with Crippen molar-refractivity contribution in [1.82, 2.24) is 9.55 Å². The summed E-state index contributed by atoms with van der Waals surface area (Å²) in [6.07, 6.45) is 1.01. The van der Waals surface area contributed by atoms with Gasteiger partial charge in [0.25, 0.3) is 5.91 Å². The second-order valence-electron chi connectivity index (χ2n) is 7.35. The van der Waals surface area contributed by atoms with Gasteiger partial charge >= 0.3 is 0 Å². The predicted octanol–water partition coefficient (Wildman–Crippen LogP) is 2.20. The SMILES string of the molecule is CS(=O)(=O)Nc1ccc2cc(C(N)=O)n(-c3cccc(S(=O)(=O)c4cccc(C#N)n4)c3)c2c1. The predicted molar refractivity (Wildman–Crippen MR) is 125 cm³/mol. The number of pyridine rings is 1.